The third kappa shape index (κ3) is 4.89. The van der Waals surface area contributed by atoms with Crippen molar-refractivity contribution in [2.75, 3.05) is 0 Å². The molecule has 0 saturated carbocycles. The molecule has 9 heavy (non-hydrogen) atoms. The predicted molar refractivity (Wildman–Crippen MR) is 36.1 cm³/mol. The quantitative estimate of drug-likeness (QED) is 0.619. The van der Waals surface area contributed by atoms with Crippen molar-refractivity contribution < 1.29 is 21.7 Å². The van der Waals surface area contributed by atoms with Crippen LogP contribution in [0, 0.1) is 5.92 Å². The minimum atomic E-state index is 0.311. The number of hydrogen-bond donors (Lipinski definition) is 0. The normalized spacial score (nSPS) is 10.8. The summed E-state index contributed by atoms with van der Waals surface area (Å²) in [5, 5.41) is 0. The van der Waals surface area contributed by atoms with Crippen molar-refractivity contribution in [3.8, 4) is 0 Å². The summed E-state index contributed by atoms with van der Waals surface area (Å²) in [6.07, 6.45) is 0.311. The molecule has 0 bridgehead atoms. The van der Waals surface area contributed by atoms with E-state index >= 15 is 0 Å². The zero-order chi connectivity index (χ0) is 7.44. The Morgan fingerprint density at radius 1 is 1.22 bits per heavy atom. The van der Waals surface area contributed by atoms with E-state index in [0.717, 1.165) is 4.41 Å². The fraction of sp³-hybridized carbons (Fsp3) is 0.857. The van der Waals surface area contributed by atoms with Crippen molar-refractivity contribution in [3.63, 3.8) is 0 Å². The van der Waals surface area contributed by atoms with E-state index in [1.54, 1.807) is 0 Å². The van der Waals surface area contributed by atoms with Crippen molar-refractivity contribution in [2.45, 2.75) is 33.8 Å². The van der Waals surface area contributed by atoms with Crippen molar-refractivity contribution in [1.29, 1.82) is 0 Å². The third-order valence-electron chi connectivity index (χ3n) is 0.850. The van der Waals surface area contributed by atoms with Crippen LogP contribution in [0.1, 0.15) is 27.7 Å². The average molecular weight is 165 g/mol. The Morgan fingerprint density at radius 2 is 1.67 bits per heavy atom. The number of ether oxygens (including phenoxy) is 1. The molecule has 0 aromatic rings. The van der Waals surface area contributed by atoms with Gasteiger partial charge >= 0.3 is 65.8 Å². The summed E-state index contributed by atoms with van der Waals surface area (Å²) < 4.78 is 6.47. The Morgan fingerprint density at radius 3 is 1.78 bits per heavy atom. The first-order valence-corrected chi connectivity index (χ1v) is 3.96. The molecule has 0 atom stereocenters. The topological polar surface area (TPSA) is 9.23 Å². The summed E-state index contributed by atoms with van der Waals surface area (Å²) in [5.41, 5.74) is 0. The summed E-state index contributed by atoms with van der Waals surface area (Å²) in [7, 11) is 0. The van der Waals surface area contributed by atoms with Gasteiger partial charge in [0.05, 0.1) is 0 Å². The molecule has 53 valence electrons. The van der Waals surface area contributed by atoms with Crippen molar-refractivity contribution in [3.05, 3.63) is 0 Å². The zero-order valence-corrected chi connectivity index (χ0v) is 7.91. The molecule has 2 heteroatoms. The second-order valence-electron chi connectivity index (χ2n) is 2.66. The van der Waals surface area contributed by atoms with Crippen molar-refractivity contribution >= 4 is 4.41 Å². The van der Waals surface area contributed by atoms with Gasteiger partial charge in [0.25, 0.3) is 0 Å². The van der Waals surface area contributed by atoms with E-state index < -0.39 is 0 Å². The van der Waals surface area contributed by atoms with Crippen LogP contribution in [0.5, 0.6) is 0 Å². The SMILES string of the molecule is CC(C)O[C](=[V])C(C)C. The summed E-state index contributed by atoms with van der Waals surface area (Å²) in [6.45, 7) is 8.32. The molecule has 0 amide bonds. The molecule has 0 spiro atoms. The van der Waals surface area contributed by atoms with Gasteiger partial charge in [0.15, 0.2) is 0 Å². The summed E-state index contributed by atoms with van der Waals surface area (Å²) in [5.74, 6) is 0.521. The van der Waals surface area contributed by atoms with Gasteiger partial charge in [0.2, 0.25) is 0 Å². The molecule has 0 N–H and O–H groups in total. The monoisotopic (exact) mass is 165 g/mol. The standard InChI is InChI=1S/C7H14O.V/c1-6(2)5-8-7(3)4;/h6-7H,1-4H3;. The molecule has 0 rings (SSSR count). The molecule has 0 fully saturated rings. The van der Waals surface area contributed by atoms with Gasteiger partial charge in [0, 0.05) is 0 Å². The van der Waals surface area contributed by atoms with Crippen LogP contribution in [-0.4, -0.2) is 10.5 Å². The Bertz CT molecular complexity index is 97.1. The van der Waals surface area contributed by atoms with Crippen molar-refractivity contribution in [1.82, 2.24) is 0 Å². The molecule has 0 radical (unpaired) electrons. The van der Waals surface area contributed by atoms with Crippen LogP contribution >= 0.6 is 0 Å². The average Bonchev–Trinajstić information content (AvgIpc) is 1.63. The second-order valence-corrected chi connectivity index (χ2v) is 3.35. The molecule has 0 aromatic heterocycles. The fourth-order valence-corrected chi connectivity index (χ4v) is 0.707. The predicted octanol–water partition coefficient (Wildman–Crippen LogP) is 1.74. The van der Waals surface area contributed by atoms with Crippen LogP contribution < -0.4 is 0 Å². The van der Waals surface area contributed by atoms with Crippen LogP contribution in [0.25, 0.3) is 0 Å². The first-order valence-electron chi connectivity index (χ1n) is 3.26. The first-order chi connectivity index (χ1) is 4.04. The van der Waals surface area contributed by atoms with Gasteiger partial charge in [0.1, 0.15) is 0 Å². The molecule has 0 unspecified atom stereocenters. The molecule has 0 aliphatic rings. The summed E-state index contributed by atoms with van der Waals surface area (Å²) in [6, 6.07) is 0. The Balaban J connectivity index is 3.51. The molecule has 0 aliphatic carbocycles. The van der Waals surface area contributed by atoms with Gasteiger partial charge < -0.3 is 0 Å². The molecule has 0 aromatic carbocycles. The Kier molecular flexibility index (Phi) is 4.46. The molecular formula is C7H14OV. The van der Waals surface area contributed by atoms with Gasteiger partial charge in [-0.3, -0.25) is 0 Å². The van der Waals surface area contributed by atoms with Crippen LogP contribution in [0.4, 0.5) is 0 Å². The van der Waals surface area contributed by atoms with E-state index in [2.05, 4.69) is 30.8 Å². The van der Waals surface area contributed by atoms with Crippen LogP contribution in [0.2, 0.25) is 0 Å². The maximum atomic E-state index is 5.40. The Labute approximate surface area is 66.3 Å². The molecule has 0 saturated heterocycles. The van der Waals surface area contributed by atoms with E-state index in [4.69, 9.17) is 4.74 Å². The van der Waals surface area contributed by atoms with Gasteiger partial charge in [-0.1, -0.05) is 0 Å². The van der Waals surface area contributed by atoms with E-state index in [-0.39, 0.29) is 0 Å². The fourth-order valence-electron chi connectivity index (χ4n) is 0.378. The van der Waals surface area contributed by atoms with Crippen LogP contribution in [-0.2, 0) is 21.7 Å². The van der Waals surface area contributed by atoms with Crippen LogP contribution in [0.15, 0.2) is 0 Å². The molecular weight excluding hydrogens is 151 g/mol. The molecule has 0 heterocycles. The zero-order valence-electron chi connectivity index (χ0n) is 6.51. The van der Waals surface area contributed by atoms with E-state index in [1.165, 1.54) is 0 Å². The number of rotatable bonds is 3. The third-order valence-corrected chi connectivity index (χ3v) is 1.82. The van der Waals surface area contributed by atoms with Gasteiger partial charge in [-0.15, -0.1) is 0 Å². The van der Waals surface area contributed by atoms with E-state index in [1.807, 2.05) is 13.8 Å². The minimum absolute atomic E-state index is 0.311. The van der Waals surface area contributed by atoms with Gasteiger partial charge in [-0.05, 0) is 0 Å². The first kappa shape index (κ1) is 9.41. The summed E-state index contributed by atoms with van der Waals surface area (Å²) in [4.78, 5) is 0. The van der Waals surface area contributed by atoms with Crippen LogP contribution in [0.3, 0.4) is 0 Å². The van der Waals surface area contributed by atoms with E-state index in [9.17, 15) is 0 Å². The molecule has 1 nitrogen and oxygen atoms in total. The van der Waals surface area contributed by atoms with Crippen molar-refractivity contribution in [2.24, 2.45) is 5.92 Å². The van der Waals surface area contributed by atoms with Gasteiger partial charge in [-0.2, -0.15) is 0 Å². The second kappa shape index (κ2) is 4.26. The maximum absolute atomic E-state index is 5.40. The molecule has 0 aliphatic heterocycles. The van der Waals surface area contributed by atoms with Gasteiger partial charge in [-0.25, -0.2) is 0 Å². The number of hydrogen-bond acceptors (Lipinski definition) is 1. The Hall–Kier alpha value is 0.414. The summed E-state index contributed by atoms with van der Waals surface area (Å²) >= 11 is 2.47. The van der Waals surface area contributed by atoms with E-state index in [0.29, 0.717) is 12.0 Å².